The van der Waals surface area contributed by atoms with Crippen molar-refractivity contribution in [2.75, 3.05) is 19.8 Å². The molecule has 1 aliphatic heterocycles. The largest absolute Gasteiger partial charge is 0.481 e. The third kappa shape index (κ3) is 3.28. The van der Waals surface area contributed by atoms with Gasteiger partial charge in [0.25, 0.3) is 5.91 Å². The van der Waals surface area contributed by atoms with Gasteiger partial charge in [-0.05, 0) is 31.7 Å². The van der Waals surface area contributed by atoms with Crippen LogP contribution in [0.5, 0.6) is 0 Å². The number of hydrogen-bond acceptors (Lipinski definition) is 3. The number of rotatable bonds is 5. The normalized spacial score (nSPS) is 16.9. The highest BCUT2D eigenvalue weighted by atomic mass is 16.5. The third-order valence-corrected chi connectivity index (χ3v) is 4.76. The molecule has 0 saturated carbocycles. The maximum Gasteiger partial charge on any atom is 0.308 e. The third-order valence-electron chi connectivity index (χ3n) is 4.76. The van der Waals surface area contributed by atoms with Crippen LogP contribution >= 0.6 is 0 Å². The van der Waals surface area contributed by atoms with Crippen molar-refractivity contribution in [2.24, 2.45) is 11.8 Å². The maximum atomic E-state index is 12.6. The number of aromatic nitrogens is 1. The summed E-state index contributed by atoms with van der Waals surface area (Å²) in [4.78, 5) is 27.4. The van der Waals surface area contributed by atoms with E-state index in [9.17, 15) is 14.7 Å². The van der Waals surface area contributed by atoms with Gasteiger partial charge in [0.05, 0.1) is 11.5 Å². The number of carboxylic acid groups (broad SMARTS) is 1. The number of ether oxygens (including phenoxy) is 1. The molecule has 2 heterocycles. The van der Waals surface area contributed by atoms with Crippen LogP contribution in [-0.2, 0) is 9.53 Å². The number of carboxylic acids is 1. The average molecular weight is 330 g/mol. The van der Waals surface area contributed by atoms with Crippen molar-refractivity contribution >= 4 is 22.8 Å². The summed E-state index contributed by atoms with van der Waals surface area (Å²) < 4.78 is 5.29. The van der Waals surface area contributed by atoms with Gasteiger partial charge in [-0.15, -0.1) is 0 Å². The second kappa shape index (κ2) is 7.05. The number of carbonyl (C=O) groups is 2. The number of carbonyl (C=O) groups excluding carboxylic acids is 1. The number of nitrogens with one attached hydrogen (secondary N) is 2. The summed E-state index contributed by atoms with van der Waals surface area (Å²) in [5.41, 5.74) is 2.27. The standard InChI is InChI=1S/C18H22N2O4/c1-11-16(13-4-2-3-5-15(13)20-11)17(21)19-10-14(18(22)23)12-6-8-24-9-7-12/h2-5,12,14,20H,6-10H2,1H3,(H,19,21)(H,22,23). The number of fused-ring (bicyclic) bond motifs is 1. The van der Waals surface area contributed by atoms with Crippen LogP contribution in [0.4, 0.5) is 0 Å². The summed E-state index contributed by atoms with van der Waals surface area (Å²) in [6, 6.07) is 7.60. The molecule has 3 rings (SSSR count). The Balaban J connectivity index is 1.73. The number of aryl methyl sites for hydroxylation is 1. The van der Waals surface area contributed by atoms with Crippen molar-refractivity contribution in [1.82, 2.24) is 10.3 Å². The van der Waals surface area contributed by atoms with Crippen LogP contribution < -0.4 is 5.32 Å². The molecule has 1 fully saturated rings. The Morgan fingerprint density at radius 3 is 2.75 bits per heavy atom. The van der Waals surface area contributed by atoms with E-state index >= 15 is 0 Å². The minimum absolute atomic E-state index is 0.0422. The highest BCUT2D eigenvalue weighted by Crippen LogP contribution is 2.25. The van der Waals surface area contributed by atoms with Crippen molar-refractivity contribution in [3.63, 3.8) is 0 Å². The molecule has 1 aromatic carbocycles. The summed E-state index contributed by atoms with van der Waals surface area (Å²) in [5.74, 6) is -1.63. The molecule has 1 unspecified atom stereocenters. The summed E-state index contributed by atoms with van der Waals surface area (Å²) in [6.45, 7) is 3.16. The lowest BCUT2D eigenvalue weighted by atomic mass is 9.86. The van der Waals surface area contributed by atoms with Crippen LogP contribution in [0.15, 0.2) is 24.3 Å². The summed E-state index contributed by atoms with van der Waals surface area (Å²) in [7, 11) is 0. The molecule has 0 bridgehead atoms. The van der Waals surface area contributed by atoms with E-state index in [1.165, 1.54) is 0 Å². The average Bonchev–Trinajstić information content (AvgIpc) is 2.91. The Hall–Kier alpha value is -2.34. The predicted octanol–water partition coefficient (Wildman–Crippen LogP) is 2.33. The zero-order chi connectivity index (χ0) is 17.1. The molecule has 1 amide bonds. The summed E-state index contributed by atoms with van der Waals surface area (Å²) in [5, 5.41) is 13.2. The van der Waals surface area contributed by atoms with Crippen LogP contribution in [-0.4, -0.2) is 41.7 Å². The van der Waals surface area contributed by atoms with Crippen molar-refractivity contribution in [2.45, 2.75) is 19.8 Å². The number of amides is 1. The summed E-state index contributed by atoms with van der Waals surface area (Å²) >= 11 is 0. The van der Waals surface area contributed by atoms with Gasteiger partial charge in [0.15, 0.2) is 0 Å². The van der Waals surface area contributed by atoms with Gasteiger partial charge in [0.1, 0.15) is 0 Å². The lowest BCUT2D eigenvalue weighted by Gasteiger charge is -2.27. The molecule has 1 atom stereocenters. The van der Waals surface area contributed by atoms with Crippen molar-refractivity contribution < 1.29 is 19.4 Å². The monoisotopic (exact) mass is 330 g/mol. The van der Waals surface area contributed by atoms with E-state index in [1.807, 2.05) is 31.2 Å². The number of benzene rings is 1. The van der Waals surface area contributed by atoms with Crippen LogP contribution in [0.25, 0.3) is 10.9 Å². The quantitative estimate of drug-likeness (QED) is 0.785. The first kappa shape index (κ1) is 16.5. The van der Waals surface area contributed by atoms with Gasteiger partial charge in [0.2, 0.25) is 0 Å². The maximum absolute atomic E-state index is 12.6. The van der Waals surface area contributed by atoms with Gasteiger partial charge in [0, 0.05) is 36.4 Å². The second-order valence-electron chi connectivity index (χ2n) is 6.28. The molecule has 1 aromatic heterocycles. The number of para-hydroxylation sites is 1. The fraction of sp³-hybridized carbons (Fsp3) is 0.444. The Morgan fingerprint density at radius 1 is 1.33 bits per heavy atom. The molecule has 0 radical (unpaired) electrons. The molecular formula is C18H22N2O4. The topological polar surface area (TPSA) is 91.4 Å². The Kier molecular flexibility index (Phi) is 4.85. The van der Waals surface area contributed by atoms with E-state index in [-0.39, 0.29) is 18.4 Å². The number of aromatic amines is 1. The first-order valence-electron chi connectivity index (χ1n) is 8.24. The summed E-state index contributed by atoms with van der Waals surface area (Å²) in [6.07, 6.45) is 1.44. The molecule has 0 aliphatic carbocycles. The van der Waals surface area contributed by atoms with Crippen molar-refractivity contribution in [3.05, 3.63) is 35.5 Å². The number of aliphatic carboxylic acids is 1. The van der Waals surface area contributed by atoms with Crippen molar-refractivity contribution in [1.29, 1.82) is 0 Å². The molecule has 6 nitrogen and oxygen atoms in total. The van der Waals surface area contributed by atoms with E-state index in [1.54, 1.807) is 0 Å². The van der Waals surface area contributed by atoms with Gasteiger partial charge in [-0.25, -0.2) is 0 Å². The smallest absolute Gasteiger partial charge is 0.308 e. The van der Waals surface area contributed by atoms with Crippen LogP contribution in [0, 0.1) is 18.8 Å². The van der Waals surface area contributed by atoms with E-state index in [0.29, 0.717) is 18.8 Å². The van der Waals surface area contributed by atoms with E-state index in [0.717, 1.165) is 29.4 Å². The lowest BCUT2D eigenvalue weighted by molar-refractivity contribution is -0.144. The van der Waals surface area contributed by atoms with Crippen LogP contribution in [0.3, 0.4) is 0 Å². The Labute approximate surface area is 140 Å². The molecule has 2 aromatic rings. The molecule has 24 heavy (non-hydrogen) atoms. The van der Waals surface area contributed by atoms with Crippen LogP contribution in [0.1, 0.15) is 28.9 Å². The van der Waals surface area contributed by atoms with Gasteiger partial charge in [-0.3, -0.25) is 9.59 Å². The van der Waals surface area contributed by atoms with Crippen LogP contribution in [0.2, 0.25) is 0 Å². The minimum Gasteiger partial charge on any atom is -0.481 e. The predicted molar refractivity (Wildman–Crippen MR) is 90.0 cm³/mol. The number of H-pyrrole nitrogens is 1. The Bertz CT molecular complexity index is 747. The zero-order valence-electron chi connectivity index (χ0n) is 13.7. The lowest BCUT2D eigenvalue weighted by Crippen LogP contribution is -2.39. The fourth-order valence-electron chi connectivity index (χ4n) is 3.43. The van der Waals surface area contributed by atoms with Crippen molar-refractivity contribution in [3.8, 4) is 0 Å². The number of hydrogen-bond donors (Lipinski definition) is 3. The second-order valence-corrected chi connectivity index (χ2v) is 6.28. The van der Waals surface area contributed by atoms with Gasteiger partial charge in [-0.2, -0.15) is 0 Å². The molecule has 1 aliphatic rings. The molecule has 3 N–H and O–H groups in total. The highest BCUT2D eigenvalue weighted by molar-refractivity contribution is 6.08. The van der Waals surface area contributed by atoms with Gasteiger partial charge in [-0.1, -0.05) is 18.2 Å². The van der Waals surface area contributed by atoms with Gasteiger partial charge >= 0.3 is 5.97 Å². The van der Waals surface area contributed by atoms with E-state index in [2.05, 4.69) is 10.3 Å². The Morgan fingerprint density at radius 2 is 2.04 bits per heavy atom. The molecule has 1 saturated heterocycles. The molecule has 6 heteroatoms. The first-order chi connectivity index (χ1) is 11.6. The van der Waals surface area contributed by atoms with E-state index < -0.39 is 11.9 Å². The van der Waals surface area contributed by atoms with Gasteiger partial charge < -0.3 is 20.1 Å². The zero-order valence-corrected chi connectivity index (χ0v) is 13.7. The highest BCUT2D eigenvalue weighted by Gasteiger charge is 2.30. The first-order valence-corrected chi connectivity index (χ1v) is 8.24. The molecule has 0 spiro atoms. The fourth-order valence-corrected chi connectivity index (χ4v) is 3.43. The molecule has 128 valence electrons. The molecular weight excluding hydrogens is 308 g/mol. The minimum atomic E-state index is -0.863. The SMILES string of the molecule is Cc1[nH]c2ccccc2c1C(=O)NCC(C(=O)O)C1CCOCC1. The van der Waals surface area contributed by atoms with E-state index in [4.69, 9.17) is 4.74 Å².